The molecule has 2 rings (SSSR count). The van der Waals surface area contributed by atoms with Gasteiger partial charge in [0.05, 0.1) is 7.11 Å². The molecular weight excluding hydrogens is 238 g/mol. The second kappa shape index (κ2) is 5.45. The van der Waals surface area contributed by atoms with Gasteiger partial charge in [-0.15, -0.1) is 0 Å². The Kier molecular flexibility index (Phi) is 3.90. The highest BCUT2D eigenvalue weighted by molar-refractivity contribution is 5.33. The van der Waals surface area contributed by atoms with Crippen molar-refractivity contribution in [2.75, 3.05) is 7.11 Å². The summed E-state index contributed by atoms with van der Waals surface area (Å²) in [5.74, 6) is 1.84. The predicted octanol–water partition coefficient (Wildman–Crippen LogP) is 2.33. The number of nitrogens with zero attached hydrogens (tertiary/aromatic N) is 2. The van der Waals surface area contributed by atoms with Gasteiger partial charge >= 0.3 is 0 Å². The van der Waals surface area contributed by atoms with Crippen molar-refractivity contribution < 1.29 is 4.74 Å². The van der Waals surface area contributed by atoms with Crippen molar-refractivity contribution in [3.63, 3.8) is 0 Å². The molecule has 0 spiro atoms. The number of methoxy groups -OCH3 is 1. The molecule has 1 aromatic carbocycles. The van der Waals surface area contributed by atoms with Crippen molar-refractivity contribution in [3.05, 3.63) is 48.0 Å². The Morgan fingerprint density at radius 2 is 2.21 bits per heavy atom. The maximum Gasteiger partial charge on any atom is 0.119 e. The van der Waals surface area contributed by atoms with Gasteiger partial charge < -0.3 is 15.0 Å². The fraction of sp³-hybridized carbons (Fsp3) is 0.400. The van der Waals surface area contributed by atoms with Crippen LogP contribution in [0.3, 0.4) is 0 Å². The van der Waals surface area contributed by atoms with E-state index in [1.165, 1.54) is 0 Å². The molecule has 102 valence electrons. The standard InChI is InChI=1S/C15H21N3O/c1-4-18-9-8-17-14(18)11-15(2,16)12-6-5-7-13(10-12)19-3/h5-10H,4,11,16H2,1-3H3. The highest BCUT2D eigenvalue weighted by atomic mass is 16.5. The molecule has 0 saturated heterocycles. The number of imidazole rings is 1. The van der Waals surface area contributed by atoms with Crippen LogP contribution < -0.4 is 10.5 Å². The number of rotatable bonds is 5. The Labute approximate surface area is 114 Å². The summed E-state index contributed by atoms with van der Waals surface area (Å²) in [4.78, 5) is 4.39. The third-order valence-corrected chi connectivity index (χ3v) is 3.40. The van der Waals surface area contributed by atoms with E-state index >= 15 is 0 Å². The molecule has 1 atom stereocenters. The molecule has 19 heavy (non-hydrogen) atoms. The van der Waals surface area contributed by atoms with Crippen LogP contribution in [0.5, 0.6) is 5.75 Å². The van der Waals surface area contributed by atoms with Crippen molar-refractivity contribution in [2.24, 2.45) is 5.73 Å². The van der Waals surface area contributed by atoms with E-state index in [2.05, 4.69) is 16.5 Å². The molecule has 0 aliphatic carbocycles. The highest BCUT2D eigenvalue weighted by Gasteiger charge is 2.24. The van der Waals surface area contributed by atoms with Gasteiger partial charge in [-0.05, 0) is 31.5 Å². The van der Waals surface area contributed by atoms with E-state index in [4.69, 9.17) is 10.5 Å². The minimum absolute atomic E-state index is 0.465. The van der Waals surface area contributed by atoms with Crippen LogP contribution in [-0.2, 0) is 18.5 Å². The van der Waals surface area contributed by atoms with Crippen molar-refractivity contribution in [1.82, 2.24) is 9.55 Å². The number of aryl methyl sites for hydroxylation is 1. The summed E-state index contributed by atoms with van der Waals surface area (Å²) in [7, 11) is 1.66. The Hall–Kier alpha value is -1.81. The summed E-state index contributed by atoms with van der Waals surface area (Å²) in [5.41, 5.74) is 7.06. The van der Waals surface area contributed by atoms with Gasteiger partial charge in [-0.25, -0.2) is 4.98 Å². The lowest BCUT2D eigenvalue weighted by Crippen LogP contribution is -2.36. The first-order valence-corrected chi connectivity index (χ1v) is 6.50. The number of ether oxygens (including phenoxy) is 1. The molecule has 1 aromatic heterocycles. The van der Waals surface area contributed by atoms with E-state index in [9.17, 15) is 0 Å². The normalized spacial score (nSPS) is 14.1. The number of benzene rings is 1. The summed E-state index contributed by atoms with van der Waals surface area (Å²) in [6.45, 7) is 5.03. The van der Waals surface area contributed by atoms with E-state index in [0.29, 0.717) is 6.42 Å². The first-order valence-electron chi connectivity index (χ1n) is 6.50. The fourth-order valence-electron chi connectivity index (χ4n) is 2.20. The smallest absolute Gasteiger partial charge is 0.119 e. The van der Waals surface area contributed by atoms with E-state index in [0.717, 1.165) is 23.7 Å². The Morgan fingerprint density at radius 3 is 2.89 bits per heavy atom. The fourth-order valence-corrected chi connectivity index (χ4v) is 2.20. The molecule has 0 aliphatic rings. The van der Waals surface area contributed by atoms with Crippen LogP contribution in [0.15, 0.2) is 36.7 Å². The monoisotopic (exact) mass is 259 g/mol. The number of aromatic nitrogens is 2. The maximum atomic E-state index is 6.47. The minimum atomic E-state index is -0.465. The molecule has 4 heteroatoms. The molecule has 4 nitrogen and oxygen atoms in total. The number of nitrogens with two attached hydrogens (primary N) is 1. The van der Waals surface area contributed by atoms with Crippen LogP contribution in [0.4, 0.5) is 0 Å². The summed E-state index contributed by atoms with van der Waals surface area (Å²) in [5, 5.41) is 0. The van der Waals surface area contributed by atoms with E-state index in [1.54, 1.807) is 7.11 Å². The zero-order valence-corrected chi connectivity index (χ0v) is 11.8. The van der Waals surface area contributed by atoms with Crippen LogP contribution >= 0.6 is 0 Å². The van der Waals surface area contributed by atoms with Crippen LogP contribution in [0, 0.1) is 0 Å². The Morgan fingerprint density at radius 1 is 1.42 bits per heavy atom. The lowest BCUT2D eigenvalue weighted by Gasteiger charge is -2.25. The minimum Gasteiger partial charge on any atom is -0.497 e. The summed E-state index contributed by atoms with van der Waals surface area (Å²) >= 11 is 0. The topological polar surface area (TPSA) is 53.1 Å². The van der Waals surface area contributed by atoms with Gasteiger partial charge in [-0.1, -0.05) is 12.1 Å². The predicted molar refractivity (Wildman–Crippen MR) is 76.1 cm³/mol. The molecule has 2 aromatic rings. The van der Waals surface area contributed by atoms with E-state index in [1.807, 2.05) is 43.6 Å². The summed E-state index contributed by atoms with van der Waals surface area (Å²) < 4.78 is 7.37. The maximum absolute atomic E-state index is 6.47. The van der Waals surface area contributed by atoms with E-state index < -0.39 is 5.54 Å². The molecule has 0 amide bonds. The highest BCUT2D eigenvalue weighted by Crippen LogP contribution is 2.25. The van der Waals surface area contributed by atoms with Gasteiger partial charge in [0, 0.05) is 30.9 Å². The number of hydrogen-bond donors (Lipinski definition) is 1. The number of hydrogen-bond acceptors (Lipinski definition) is 3. The Balaban J connectivity index is 2.26. The van der Waals surface area contributed by atoms with Gasteiger partial charge in [-0.3, -0.25) is 0 Å². The lowest BCUT2D eigenvalue weighted by molar-refractivity contribution is 0.409. The molecule has 0 aliphatic heterocycles. The molecule has 0 radical (unpaired) electrons. The van der Waals surface area contributed by atoms with Crippen molar-refractivity contribution in [3.8, 4) is 5.75 Å². The van der Waals surface area contributed by atoms with Gasteiger partial charge in [0.25, 0.3) is 0 Å². The zero-order chi connectivity index (χ0) is 13.9. The van der Waals surface area contributed by atoms with E-state index in [-0.39, 0.29) is 0 Å². The second-order valence-corrected chi connectivity index (χ2v) is 4.96. The molecule has 1 unspecified atom stereocenters. The first kappa shape index (κ1) is 13.6. The molecule has 2 N–H and O–H groups in total. The summed E-state index contributed by atoms with van der Waals surface area (Å²) in [6.07, 6.45) is 4.50. The lowest BCUT2D eigenvalue weighted by atomic mass is 9.89. The quantitative estimate of drug-likeness (QED) is 0.896. The van der Waals surface area contributed by atoms with Crippen LogP contribution in [0.1, 0.15) is 25.2 Å². The molecule has 1 heterocycles. The second-order valence-electron chi connectivity index (χ2n) is 4.96. The van der Waals surface area contributed by atoms with Crippen LogP contribution in [0.25, 0.3) is 0 Å². The first-order chi connectivity index (χ1) is 9.06. The third-order valence-electron chi connectivity index (χ3n) is 3.40. The summed E-state index contributed by atoms with van der Waals surface area (Å²) in [6, 6.07) is 7.90. The van der Waals surface area contributed by atoms with Gasteiger partial charge in [0.2, 0.25) is 0 Å². The molecular formula is C15H21N3O. The largest absolute Gasteiger partial charge is 0.497 e. The van der Waals surface area contributed by atoms with Crippen LogP contribution in [0.2, 0.25) is 0 Å². The van der Waals surface area contributed by atoms with Crippen LogP contribution in [-0.4, -0.2) is 16.7 Å². The molecule has 0 fully saturated rings. The van der Waals surface area contributed by atoms with Gasteiger partial charge in [-0.2, -0.15) is 0 Å². The van der Waals surface area contributed by atoms with Crippen molar-refractivity contribution in [2.45, 2.75) is 32.4 Å². The average Bonchev–Trinajstić information content (AvgIpc) is 2.85. The molecule has 0 bridgehead atoms. The third kappa shape index (κ3) is 2.96. The van der Waals surface area contributed by atoms with Gasteiger partial charge in [0.15, 0.2) is 0 Å². The van der Waals surface area contributed by atoms with Crippen molar-refractivity contribution in [1.29, 1.82) is 0 Å². The zero-order valence-electron chi connectivity index (χ0n) is 11.8. The Bertz CT molecular complexity index is 546. The average molecular weight is 259 g/mol. The molecule has 0 saturated carbocycles. The van der Waals surface area contributed by atoms with Gasteiger partial charge in [0.1, 0.15) is 11.6 Å². The SMILES string of the molecule is CCn1ccnc1CC(C)(N)c1cccc(OC)c1. The van der Waals surface area contributed by atoms with Crippen molar-refractivity contribution >= 4 is 0 Å².